The van der Waals surface area contributed by atoms with E-state index in [4.69, 9.17) is 4.74 Å². The lowest BCUT2D eigenvalue weighted by molar-refractivity contribution is -0.147. The zero-order valence-electron chi connectivity index (χ0n) is 8.29. The van der Waals surface area contributed by atoms with Crippen LogP contribution in [-0.4, -0.2) is 24.0 Å². The Labute approximate surface area is 83.3 Å². The van der Waals surface area contributed by atoms with Gasteiger partial charge < -0.3 is 10.1 Å². The molecule has 4 heteroatoms. The van der Waals surface area contributed by atoms with E-state index in [-0.39, 0.29) is 24.0 Å². The van der Waals surface area contributed by atoms with Crippen LogP contribution in [0.2, 0.25) is 0 Å². The third kappa shape index (κ3) is 2.87. The molecule has 0 spiro atoms. The van der Waals surface area contributed by atoms with Crippen molar-refractivity contribution in [3.63, 3.8) is 0 Å². The zero-order valence-corrected chi connectivity index (χ0v) is 8.29. The van der Waals surface area contributed by atoms with Gasteiger partial charge in [-0.05, 0) is 6.42 Å². The highest BCUT2D eigenvalue weighted by molar-refractivity contribution is 5.78. The van der Waals surface area contributed by atoms with Gasteiger partial charge in [-0.15, -0.1) is 6.58 Å². The Hall–Kier alpha value is -1.32. The Morgan fingerprint density at radius 2 is 2.57 bits per heavy atom. The van der Waals surface area contributed by atoms with Gasteiger partial charge in [0.2, 0.25) is 5.91 Å². The highest BCUT2D eigenvalue weighted by Gasteiger charge is 2.29. The first-order chi connectivity index (χ1) is 6.63. The van der Waals surface area contributed by atoms with Gasteiger partial charge in [0.1, 0.15) is 6.10 Å². The molecule has 0 aromatic rings. The maximum atomic E-state index is 11.0. The fourth-order valence-electron chi connectivity index (χ4n) is 1.59. The van der Waals surface area contributed by atoms with E-state index < -0.39 is 0 Å². The van der Waals surface area contributed by atoms with Crippen LogP contribution < -0.4 is 5.32 Å². The second kappa shape index (κ2) is 4.79. The molecule has 1 aliphatic heterocycles. The van der Waals surface area contributed by atoms with Gasteiger partial charge >= 0.3 is 5.97 Å². The number of hydrogen-bond donors (Lipinski definition) is 1. The number of carbonyl (C=O) groups excluding carboxylic acids is 2. The third-order valence-corrected chi connectivity index (χ3v) is 2.19. The van der Waals surface area contributed by atoms with Crippen LogP contribution in [0, 0.1) is 0 Å². The first kappa shape index (κ1) is 10.8. The Morgan fingerprint density at radius 3 is 3.00 bits per heavy atom. The summed E-state index contributed by atoms with van der Waals surface area (Å²) in [6.07, 6.45) is 3.24. The van der Waals surface area contributed by atoms with E-state index in [1.165, 1.54) is 6.92 Å². The lowest BCUT2D eigenvalue weighted by Gasteiger charge is -2.21. The fourth-order valence-corrected chi connectivity index (χ4v) is 1.59. The number of carbonyl (C=O) groups is 2. The topological polar surface area (TPSA) is 55.4 Å². The van der Waals surface area contributed by atoms with E-state index >= 15 is 0 Å². The summed E-state index contributed by atoms with van der Waals surface area (Å²) in [4.78, 5) is 21.8. The predicted molar refractivity (Wildman–Crippen MR) is 51.5 cm³/mol. The summed E-state index contributed by atoms with van der Waals surface area (Å²) in [6, 6.07) is -0.0515. The largest absolute Gasteiger partial charge is 0.460 e. The summed E-state index contributed by atoms with van der Waals surface area (Å²) in [5, 5.41) is 2.78. The van der Waals surface area contributed by atoms with Crippen molar-refractivity contribution < 1.29 is 14.3 Å². The minimum atomic E-state index is -0.321. The highest BCUT2D eigenvalue weighted by atomic mass is 16.5. The van der Waals surface area contributed by atoms with E-state index in [0.29, 0.717) is 12.8 Å². The van der Waals surface area contributed by atoms with Gasteiger partial charge in [-0.2, -0.15) is 0 Å². The number of rotatable bonds is 4. The van der Waals surface area contributed by atoms with Crippen molar-refractivity contribution >= 4 is 11.9 Å². The van der Waals surface area contributed by atoms with Crippen molar-refractivity contribution in [2.24, 2.45) is 0 Å². The molecule has 1 aliphatic rings. The van der Waals surface area contributed by atoms with Crippen LogP contribution in [0.5, 0.6) is 0 Å². The van der Waals surface area contributed by atoms with Crippen molar-refractivity contribution in [1.82, 2.24) is 5.32 Å². The lowest BCUT2D eigenvalue weighted by Crippen LogP contribution is -2.39. The van der Waals surface area contributed by atoms with Gasteiger partial charge in [0.25, 0.3) is 0 Å². The standard InChI is InChI=1S/C10H15NO3/c1-3-4-9(14-7(2)12)8-5-6-10(13)11-8/h3,8-9H,1,4-6H2,2H3,(H,11,13)/t8-,9+/m0/s1. The summed E-state index contributed by atoms with van der Waals surface area (Å²) in [6.45, 7) is 4.96. The molecular weight excluding hydrogens is 182 g/mol. The van der Waals surface area contributed by atoms with Crippen LogP contribution in [0.3, 0.4) is 0 Å². The van der Waals surface area contributed by atoms with Crippen molar-refractivity contribution in [3.8, 4) is 0 Å². The molecule has 0 aromatic carbocycles. The van der Waals surface area contributed by atoms with Crippen molar-refractivity contribution in [2.45, 2.75) is 38.3 Å². The molecule has 1 saturated heterocycles. The van der Waals surface area contributed by atoms with E-state index in [9.17, 15) is 9.59 Å². The number of hydrogen-bond acceptors (Lipinski definition) is 3. The van der Waals surface area contributed by atoms with Crippen LogP contribution in [0.4, 0.5) is 0 Å². The number of nitrogens with one attached hydrogen (secondary N) is 1. The molecule has 78 valence electrons. The molecule has 1 N–H and O–H groups in total. The maximum absolute atomic E-state index is 11.0. The summed E-state index contributed by atoms with van der Waals surface area (Å²) >= 11 is 0. The summed E-state index contributed by atoms with van der Waals surface area (Å²) in [7, 11) is 0. The molecular formula is C10H15NO3. The maximum Gasteiger partial charge on any atom is 0.302 e. The van der Waals surface area contributed by atoms with Crippen molar-refractivity contribution in [3.05, 3.63) is 12.7 Å². The minimum Gasteiger partial charge on any atom is -0.460 e. The first-order valence-electron chi connectivity index (χ1n) is 4.71. The lowest BCUT2D eigenvalue weighted by atomic mass is 10.1. The molecule has 0 radical (unpaired) electrons. The Bertz CT molecular complexity index is 250. The van der Waals surface area contributed by atoms with Crippen molar-refractivity contribution in [2.75, 3.05) is 0 Å². The van der Waals surface area contributed by atoms with E-state index in [2.05, 4.69) is 11.9 Å². The molecule has 0 unspecified atom stereocenters. The second-order valence-electron chi connectivity index (χ2n) is 3.38. The smallest absolute Gasteiger partial charge is 0.302 e. The van der Waals surface area contributed by atoms with E-state index in [0.717, 1.165) is 6.42 Å². The molecule has 0 aromatic heterocycles. The highest BCUT2D eigenvalue weighted by Crippen LogP contribution is 2.16. The molecule has 0 saturated carbocycles. The van der Waals surface area contributed by atoms with E-state index in [1.54, 1.807) is 6.08 Å². The first-order valence-corrected chi connectivity index (χ1v) is 4.71. The normalized spacial score (nSPS) is 22.6. The quantitative estimate of drug-likeness (QED) is 0.535. The molecule has 2 atom stereocenters. The molecule has 14 heavy (non-hydrogen) atoms. The monoisotopic (exact) mass is 197 g/mol. The number of ether oxygens (including phenoxy) is 1. The van der Waals surface area contributed by atoms with Gasteiger partial charge in [-0.1, -0.05) is 6.08 Å². The average Bonchev–Trinajstić information content (AvgIpc) is 2.50. The Morgan fingerprint density at radius 1 is 1.86 bits per heavy atom. The summed E-state index contributed by atoms with van der Waals surface area (Å²) in [5.41, 5.74) is 0. The molecule has 1 amide bonds. The third-order valence-electron chi connectivity index (χ3n) is 2.19. The van der Waals surface area contributed by atoms with Gasteiger partial charge in [0, 0.05) is 19.8 Å². The summed E-state index contributed by atoms with van der Waals surface area (Å²) in [5.74, 6) is -0.297. The second-order valence-corrected chi connectivity index (χ2v) is 3.38. The predicted octanol–water partition coefficient (Wildman–Crippen LogP) is 0.773. The molecule has 4 nitrogen and oxygen atoms in total. The van der Waals surface area contributed by atoms with Crippen molar-refractivity contribution in [1.29, 1.82) is 0 Å². The van der Waals surface area contributed by atoms with Crippen LogP contribution >= 0.6 is 0 Å². The molecule has 1 heterocycles. The van der Waals surface area contributed by atoms with Crippen LogP contribution in [0.1, 0.15) is 26.2 Å². The molecule has 0 bridgehead atoms. The number of esters is 1. The average molecular weight is 197 g/mol. The fraction of sp³-hybridized carbons (Fsp3) is 0.600. The van der Waals surface area contributed by atoms with Crippen LogP contribution in [0.15, 0.2) is 12.7 Å². The zero-order chi connectivity index (χ0) is 10.6. The minimum absolute atomic E-state index is 0.0243. The Balaban J connectivity index is 2.52. The van der Waals surface area contributed by atoms with Gasteiger partial charge in [0.15, 0.2) is 0 Å². The molecule has 1 rings (SSSR count). The summed E-state index contributed by atoms with van der Waals surface area (Å²) < 4.78 is 5.10. The van der Waals surface area contributed by atoms with E-state index in [1.807, 2.05) is 0 Å². The van der Waals surface area contributed by atoms with Gasteiger partial charge in [-0.25, -0.2) is 0 Å². The molecule has 1 fully saturated rings. The number of amides is 1. The molecule has 0 aliphatic carbocycles. The Kier molecular flexibility index (Phi) is 3.68. The SMILES string of the molecule is C=CC[C@@H](OC(C)=O)[C@@H]1CCC(=O)N1. The van der Waals surface area contributed by atoms with Crippen LogP contribution in [0.25, 0.3) is 0 Å². The van der Waals surface area contributed by atoms with Crippen LogP contribution in [-0.2, 0) is 14.3 Å². The van der Waals surface area contributed by atoms with Gasteiger partial charge in [0.05, 0.1) is 6.04 Å². The van der Waals surface area contributed by atoms with Gasteiger partial charge in [-0.3, -0.25) is 9.59 Å².